The first-order chi connectivity index (χ1) is 14.0. The predicted octanol–water partition coefficient (Wildman–Crippen LogP) is 3.44. The van der Waals surface area contributed by atoms with Crippen molar-refractivity contribution >= 4 is 34.2 Å². The van der Waals surface area contributed by atoms with Crippen LogP contribution in [0.25, 0.3) is 11.0 Å². The molecule has 0 saturated carbocycles. The van der Waals surface area contributed by atoms with Crippen LogP contribution in [0.1, 0.15) is 35.8 Å². The van der Waals surface area contributed by atoms with Crippen LogP contribution in [0, 0.1) is 0 Å². The molecule has 0 unspecified atom stereocenters. The van der Waals surface area contributed by atoms with Gasteiger partial charge in [0.25, 0.3) is 5.91 Å². The van der Waals surface area contributed by atoms with Gasteiger partial charge in [0, 0.05) is 56.2 Å². The zero-order valence-corrected chi connectivity index (χ0v) is 17.3. The number of aromatic nitrogens is 3. The molecule has 0 bridgehead atoms. The van der Waals surface area contributed by atoms with E-state index in [0.717, 1.165) is 48.3 Å². The Morgan fingerprint density at radius 3 is 2.90 bits per heavy atom. The summed E-state index contributed by atoms with van der Waals surface area (Å²) in [5.41, 5.74) is 3.22. The number of anilines is 1. The van der Waals surface area contributed by atoms with Crippen LogP contribution in [0.5, 0.6) is 0 Å². The van der Waals surface area contributed by atoms with Crippen molar-refractivity contribution in [1.29, 1.82) is 0 Å². The van der Waals surface area contributed by atoms with E-state index in [4.69, 9.17) is 11.6 Å². The van der Waals surface area contributed by atoms with Crippen LogP contribution >= 0.6 is 11.6 Å². The standard InChI is InChI=1S/C21H25ClN6O/c1-13-9-15(6-8-28(13)12-16-4-3-14(22)10-25-16)27-19-17-5-7-24-20(17)26-11-18(19)21(29)23-2/h3-5,7,10-11,13,15H,6,8-9,12H2,1-2H3,(H,23,29)(H2,24,26,27)/t13-,15-/m0/s1. The number of H-pyrrole nitrogens is 1. The Hall–Kier alpha value is -2.64. The van der Waals surface area contributed by atoms with Crippen LogP contribution < -0.4 is 10.6 Å². The Labute approximate surface area is 174 Å². The Morgan fingerprint density at radius 2 is 2.17 bits per heavy atom. The number of aromatic amines is 1. The van der Waals surface area contributed by atoms with Gasteiger partial charge in [-0.25, -0.2) is 4.98 Å². The Bertz CT molecular complexity index is 1000. The smallest absolute Gasteiger partial charge is 0.254 e. The van der Waals surface area contributed by atoms with E-state index in [0.29, 0.717) is 16.6 Å². The van der Waals surface area contributed by atoms with Gasteiger partial charge in [-0.15, -0.1) is 0 Å². The van der Waals surface area contributed by atoms with Gasteiger partial charge in [-0.05, 0) is 38.0 Å². The maximum absolute atomic E-state index is 12.4. The van der Waals surface area contributed by atoms with Gasteiger partial charge in [0.05, 0.1) is 22.0 Å². The van der Waals surface area contributed by atoms with Crippen molar-refractivity contribution in [3.05, 3.63) is 53.1 Å². The normalized spacial score (nSPS) is 20.0. The summed E-state index contributed by atoms with van der Waals surface area (Å²) in [5.74, 6) is -0.137. The first-order valence-corrected chi connectivity index (χ1v) is 10.2. The topological polar surface area (TPSA) is 85.9 Å². The van der Waals surface area contributed by atoms with E-state index in [2.05, 4.69) is 37.4 Å². The molecule has 0 spiro atoms. The molecule has 0 aliphatic carbocycles. The molecule has 1 aliphatic rings. The number of nitrogens with one attached hydrogen (secondary N) is 3. The number of pyridine rings is 2. The van der Waals surface area contributed by atoms with Crippen molar-refractivity contribution < 1.29 is 4.79 Å². The highest BCUT2D eigenvalue weighted by molar-refractivity contribution is 6.30. The molecule has 1 aliphatic heterocycles. The summed E-state index contributed by atoms with van der Waals surface area (Å²) in [7, 11) is 1.64. The molecule has 3 aromatic rings. The summed E-state index contributed by atoms with van der Waals surface area (Å²) >= 11 is 5.94. The number of hydrogen-bond acceptors (Lipinski definition) is 5. The molecular formula is C21H25ClN6O. The second kappa shape index (κ2) is 8.39. The zero-order valence-electron chi connectivity index (χ0n) is 16.6. The quantitative estimate of drug-likeness (QED) is 0.597. The second-order valence-corrected chi connectivity index (χ2v) is 7.96. The van der Waals surface area contributed by atoms with Crippen LogP contribution in [0.3, 0.4) is 0 Å². The molecule has 0 aromatic carbocycles. The van der Waals surface area contributed by atoms with Crippen molar-refractivity contribution in [3.8, 4) is 0 Å². The van der Waals surface area contributed by atoms with Crippen molar-refractivity contribution in [2.75, 3.05) is 18.9 Å². The number of halogens is 1. The number of rotatable bonds is 5. The van der Waals surface area contributed by atoms with Crippen LogP contribution in [0.4, 0.5) is 5.69 Å². The van der Waals surface area contributed by atoms with E-state index < -0.39 is 0 Å². The molecule has 2 atom stereocenters. The number of likely N-dealkylation sites (tertiary alicyclic amines) is 1. The molecule has 29 heavy (non-hydrogen) atoms. The third-order valence-corrected chi connectivity index (χ3v) is 5.80. The second-order valence-electron chi connectivity index (χ2n) is 7.52. The van der Waals surface area contributed by atoms with Crippen LogP contribution in [-0.2, 0) is 6.54 Å². The average Bonchev–Trinajstić information content (AvgIpc) is 3.20. The summed E-state index contributed by atoms with van der Waals surface area (Å²) in [5, 5.41) is 7.94. The van der Waals surface area contributed by atoms with E-state index in [9.17, 15) is 4.79 Å². The Kier molecular flexibility index (Phi) is 5.69. The fourth-order valence-electron chi connectivity index (χ4n) is 3.97. The largest absolute Gasteiger partial charge is 0.381 e. The van der Waals surface area contributed by atoms with Crippen molar-refractivity contribution in [1.82, 2.24) is 25.2 Å². The van der Waals surface area contributed by atoms with Crippen LogP contribution in [0.15, 0.2) is 36.8 Å². The first-order valence-electron chi connectivity index (χ1n) is 9.84. The zero-order chi connectivity index (χ0) is 20.4. The maximum Gasteiger partial charge on any atom is 0.254 e. The molecule has 3 N–H and O–H groups in total. The number of carbonyl (C=O) groups excluding carboxylic acids is 1. The molecular weight excluding hydrogens is 388 g/mol. The van der Waals surface area contributed by atoms with Gasteiger partial charge < -0.3 is 15.6 Å². The minimum Gasteiger partial charge on any atom is -0.381 e. The summed E-state index contributed by atoms with van der Waals surface area (Å²) < 4.78 is 0. The lowest BCUT2D eigenvalue weighted by Crippen LogP contribution is -2.44. The van der Waals surface area contributed by atoms with E-state index >= 15 is 0 Å². The van der Waals surface area contributed by atoms with Gasteiger partial charge in [0.1, 0.15) is 5.65 Å². The fraction of sp³-hybridized carbons (Fsp3) is 0.381. The molecule has 152 valence electrons. The highest BCUT2D eigenvalue weighted by atomic mass is 35.5. The Balaban J connectivity index is 1.48. The third kappa shape index (κ3) is 4.21. The number of nitrogens with zero attached hydrogens (tertiary/aromatic N) is 3. The highest BCUT2D eigenvalue weighted by Crippen LogP contribution is 2.29. The minimum atomic E-state index is -0.137. The van der Waals surface area contributed by atoms with Gasteiger partial charge in [-0.1, -0.05) is 11.6 Å². The van der Waals surface area contributed by atoms with Crippen LogP contribution in [-0.4, -0.2) is 51.4 Å². The molecule has 1 saturated heterocycles. The molecule has 1 amide bonds. The highest BCUT2D eigenvalue weighted by Gasteiger charge is 2.27. The Morgan fingerprint density at radius 1 is 1.31 bits per heavy atom. The molecule has 0 radical (unpaired) electrons. The van der Waals surface area contributed by atoms with Gasteiger partial charge >= 0.3 is 0 Å². The molecule has 4 heterocycles. The monoisotopic (exact) mass is 412 g/mol. The third-order valence-electron chi connectivity index (χ3n) is 5.57. The van der Waals surface area contributed by atoms with Gasteiger partial charge in [0.15, 0.2) is 0 Å². The molecule has 8 heteroatoms. The molecule has 1 fully saturated rings. The molecule has 3 aromatic heterocycles. The fourth-order valence-corrected chi connectivity index (χ4v) is 4.08. The number of amides is 1. The number of piperidine rings is 1. The van der Waals surface area contributed by atoms with Gasteiger partial charge in [0.2, 0.25) is 0 Å². The van der Waals surface area contributed by atoms with Crippen molar-refractivity contribution in [2.45, 2.75) is 38.4 Å². The molecule has 7 nitrogen and oxygen atoms in total. The predicted molar refractivity (Wildman–Crippen MR) is 115 cm³/mol. The number of fused-ring (bicyclic) bond motifs is 1. The lowest BCUT2D eigenvalue weighted by Gasteiger charge is -2.38. The number of hydrogen-bond donors (Lipinski definition) is 3. The lowest BCUT2D eigenvalue weighted by molar-refractivity contribution is 0.0963. The summed E-state index contributed by atoms with van der Waals surface area (Å²) in [4.78, 5) is 26.7. The molecule has 4 rings (SSSR count). The minimum absolute atomic E-state index is 0.137. The van der Waals surface area contributed by atoms with Gasteiger partial charge in [-0.3, -0.25) is 14.7 Å². The summed E-state index contributed by atoms with van der Waals surface area (Å²) in [6.07, 6.45) is 7.14. The number of carbonyl (C=O) groups is 1. The van der Waals surface area contributed by atoms with E-state index in [1.165, 1.54) is 0 Å². The summed E-state index contributed by atoms with van der Waals surface area (Å²) in [6, 6.07) is 6.50. The van der Waals surface area contributed by atoms with Crippen molar-refractivity contribution in [2.24, 2.45) is 0 Å². The lowest BCUT2D eigenvalue weighted by atomic mass is 9.97. The van der Waals surface area contributed by atoms with Crippen LogP contribution in [0.2, 0.25) is 5.02 Å². The average molecular weight is 413 g/mol. The summed E-state index contributed by atoms with van der Waals surface area (Å²) in [6.45, 7) is 4.01. The van der Waals surface area contributed by atoms with E-state index in [-0.39, 0.29) is 11.9 Å². The SMILES string of the molecule is CNC(=O)c1cnc2[nH]ccc2c1N[C@H]1CCN(Cc2ccc(Cl)cn2)[C@@H](C)C1. The van der Waals surface area contributed by atoms with Gasteiger partial charge in [-0.2, -0.15) is 0 Å². The first kappa shape index (κ1) is 19.7. The van der Waals surface area contributed by atoms with Crippen molar-refractivity contribution in [3.63, 3.8) is 0 Å². The van der Waals surface area contributed by atoms with E-state index in [1.54, 1.807) is 19.4 Å². The van der Waals surface area contributed by atoms with E-state index in [1.807, 2.05) is 24.4 Å². The maximum atomic E-state index is 12.4.